The van der Waals surface area contributed by atoms with Gasteiger partial charge in [0.25, 0.3) is 0 Å². The zero-order chi connectivity index (χ0) is 15.1. The largest absolute Gasteiger partial charge is 0.383 e. The maximum atomic E-state index is 11.7. The number of amides is 2. The molecule has 0 radical (unpaired) electrons. The van der Waals surface area contributed by atoms with Crippen molar-refractivity contribution < 1.29 is 9.53 Å². The predicted molar refractivity (Wildman–Crippen MR) is 84.8 cm³/mol. The number of nitrogens with zero attached hydrogens (tertiary/aromatic N) is 1. The maximum Gasteiger partial charge on any atom is 0.321 e. The van der Waals surface area contributed by atoms with Gasteiger partial charge < -0.3 is 21.1 Å². The van der Waals surface area contributed by atoms with Gasteiger partial charge in [0.05, 0.1) is 6.61 Å². The second-order valence-corrected chi connectivity index (χ2v) is 5.16. The fourth-order valence-electron chi connectivity index (χ4n) is 2.48. The Hall–Kier alpha value is -1.79. The monoisotopic (exact) mass is 292 g/mol. The van der Waals surface area contributed by atoms with Crippen molar-refractivity contribution in [1.82, 2.24) is 5.32 Å². The van der Waals surface area contributed by atoms with Crippen LogP contribution in [0.1, 0.15) is 12.8 Å². The molecule has 0 aromatic heterocycles. The van der Waals surface area contributed by atoms with Gasteiger partial charge in [0.15, 0.2) is 0 Å². The third-order valence-electron chi connectivity index (χ3n) is 3.51. The summed E-state index contributed by atoms with van der Waals surface area (Å²) in [6.45, 7) is 2.71. The second kappa shape index (κ2) is 7.85. The predicted octanol–water partition coefficient (Wildman–Crippen LogP) is 1.38. The van der Waals surface area contributed by atoms with E-state index in [9.17, 15) is 4.79 Å². The molecule has 1 unspecified atom stereocenters. The summed E-state index contributed by atoms with van der Waals surface area (Å²) in [6, 6.07) is 8.08. The average molecular weight is 292 g/mol. The molecule has 0 aliphatic carbocycles. The van der Waals surface area contributed by atoms with Gasteiger partial charge in [-0.3, -0.25) is 4.90 Å². The second-order valence-electron chi connectivity index (χ2n) is 5.16. The third-order valence-corrected chi connectivity index (χ3v) is 3.51. The van der Waals surface area contributed by atoms with Crippen LogP contribution in [0.4, 0.5) is 16.2 Å². The fourth-order valence-corrected chi connectivity index (χ4v) is 2.48. The highest BCUT2D eigenvalue weighted by molar-refractivity contribution is 5.94. The molecule has 0 saturated carbocycles. The van der Waals surface area contributed by atoms with Crippen molar-refractivity contribution in [2.24, 2.45) is 5.73 Å². The Morgan fingerprint density at radius 2 is 2.38 bits per heavy atom. The summed E-state index contributed by atoms with van der Waals surface area (Å²) in [7, 11) is 1.70. The first-order valence-electron chi connectivity index (χ1n) is 7.35. The summed E-state index contributed by atoms with van der Waals surface area (Å²) in [4.78, 5) is 13.5. The van der Waals surface area contributed by atoms with Crippen molar-refractivity contribution in [1.29, 1.82) is 0 Å². The number of carbonyl (C=O) groups is 1. The number of nitrogens with one attached hydrogen (secondary N) is 2. The Bertz CT molecular complexity index is 467. The van der Waals surface area contributed by atoms with E-state index in [1.54, 1.807) is 12.0 Å². The van der Waals surface area contributed by atoms with E-state index in [4.69, 9.17) is 10.5 Å². The molecule has 1 fully saturated rings. The molecule has 2 amide bonds. The number of anilines is 2. The Morgan fingerprint density at radius 3 is 3.05 bits per heavy atom. The van der Waals surface area contributed by atoms with Crippen LogP contribution in [0.15, 0.2) is 24.3 Å². The third kappa shape index (κ3) is 4.34. The molecule has 1 aromatic rings. The van der Waals surface area contributed by atoms with Crippen LogP contribution in [0.5, 0.6) is 0 Å². The zero-order valence-corrected chi connectivity index (χ0v) is 12.5. The molecule has 1 aromatic carbocycles. The molecular weight excluding hydrogens is 268 g/mol. The molecule has 4 N–H and O–H groups in total. The summed E-state index contributed by atoms with van der Waals surface area (Å²) in [5.41, 5.74) is 7.47. The van der Waals surface area contributed by atoms with Crippen LogP contribution < -0.4 is 21.3 Å². The van der Waals surface area contributed by atoms with Gasteiger partial charge >= 0.3 is 6.03 Å². The van der Waals surface area contributed by atoms with Crippen LogP contribution >= 0.6 is 0 Å². The van der Waals surface area contributed by atoms with E-state index in [1.165, 1.54) is 0 Å². The first-order chi connectivity index (χ1) is 10.2. The average Bonchev–Trinajstić information content (AvgIpc) is 2.91. The molecule has 1 aliphatic heterocycles. The van der Waals surface area contributed by atoms with Crippen molar-refractivity contribution in [3.05, 3.63) is 24.3 Å². The summed E-state index contributed by atoms with van der Waals surface area (Å²) in [5, 5.41) is 6.26. The smallest absolute Gasteiger partial charge is 0.321 e. The quantitative estimate of drug-likeness (QED) is 0.676. The highest BCUT2D eigenvalue weighted by Gasteiger charge is 2.21. The number of methoxy groups -OCH3 is 1. The van der Waals surface area contributed by atoms with E-state index in [0.29, 0.717) is 26.2 Å². The van der Waals surface area contributed by atoms with Gasteiger partial charge in [-0.25, -0.2) is 4.79 Å². The number of carbonyl (C=O) groups excluding carboxylic acids is 1. The van der Waals surface area contributed by atoms with E-state index in [-0.39, 0.29) is 12.1 Å². The molecule has 1 saturated heterocycles. The lowest BCUT2D eigenvalue weighted by molar-refractivity contribution is 0.182. The summed E-state index contributed by atoms with van der Waals surface area (Å²) in [5.74, 6) is 0. The van der Waals surface area contributed by atoms with Gasteiger partial charge in [0.1, 0.15) is 0 Å². The first-order valence-corrected chi connectivity index (χ1v) is 7.35. The minimum atomic E-state index is -0.0382. The zero-order valence-electron chi connectivity index (χ0n) is 12.5. The molecule has 6 heteroatoms. The lowest BCUT2D eigenvalue weighted by Crippen LogP contribution is -2.28. The maximum absolute atomic E-state index is 11.7. The summed E-state index contributed by atoms with van der Waals surface area (Å²) < 4.78 is 5.24. The van der Waals surface area contributed by atoms with Crippen molar-refractivity contribution in [3.63, 3.8) is 0 Å². The lowest BCUT2D eigenvalue weighted by Gasteiger charge is -2.21. The molecule has 1 aliphatic rings. The van der Waals surface area contributed by atoms with Crippen LogP contribution in [-0.2, 0) is 4.74 Å². The van der Waals surface area contributed by atoms with Crippen LogP contribution in [0.3, 0.4) is 0 Å². The van der Waals surface area contributed by atoms with E-state index >= 15 is 0 Å². The van der Waals surface area contributed by atoms with Crippen LogP contribution in [0, 0.1) is 0 Å². The molecular formula is C15H24N4O2. The molecule has 21 heavy (non-hydrogen) atoms. The Morgan fingerprint density at radius 1 is 1.52 bits per heavy atom. The van der Waals surface area contributed by atoms with Gasteiger partial charge in [-0.05, 0) is 37.6 Å². The fraction of sp³-hybridized carbons (Fsp3) is 0.533. The SMILES string of the molecule is COCC(CCCN)Nc1cccc(N2CCNC2=O)c1. The van der Waals surface area contributed by atoms with Gasteiger partial charge in [-0.1, -0.05) is 6.07 Å². The van der Waals surface area contributed by atoms with E-state index in [2.05, 4.69) is 10.6 Å². The number of benzene rings is 1. The Kier molecular flexibility index (Phi) is 5.83. The Labute approximate surface area is 125 Å². The number of urea groups is 1. The van der Waals surface area contributed by atoms with Gasteiger partial charge in [0.2, 0.25) is 0 Å². The van der Waals surface area contributed by atoms with Crippen molar-refractivity contribution >= 4 is 17.4 Å². The van der Waals surface area contributed by atoms with E-state index < -0.39 is 0 Å². The normalized spacial score (nSPS) is 15.9. The van der Waals surface area contributed by atoms with Crippen LogP contribution in [0.25, 0.3) is 0 Å². The molecule has 1 atom stereocenters. The van der Waals surface area contributed by atoms with Crippen LogP contribution in [0.2, 0.25) is 0 Å². The van der Waals surface area contributed by atoms with Gasteiger partial charge in [0, 0.05) is 37.6 Å². The molecule has 6 nitrogen and oxygen atoms in total. The van der Waals surface area contributed by atoms with Crippen molar-refractivity contribution in [3.8, 4) is 0 Å². The highest BCUT2D eigenvalue weighted by atomic mass is 16.5. The lowest BCUT2D eigenvalue weighted by atomic mass is 10.1. The summed E-state index contributed by atoms with van der Waals surface area (Å²) in [6.07, 6.45) is 1.91. The van der Waals surface area contributed by atoms with E-state index in [0.717, 1.165) is 24.2 Å². The number of ether oxygens (including phenoxy) is 1. The van der Waals surface area contributed by atoms with Gasteiger partial charge in [-0.2, -0.15) is 0 Å². The summed E-state index contributed by atoms with van der Waals surface area (Å²) >= 11 is 0. The standard InChI is InChI=1S/C15H24N4O2/c1-21-11-13(5-3-7-16)18-12-4-2-6-14(10-12)19-9-8-17-15(19)20/h2,4,6,10,13,18H,3,5,7-9,11,16H2,1H3,(H,17,20). The minimum Gasteiger partial charge on any atom is -0.383 e. The molecule has 116 valence electrons. The molecule has 2 rings (SSSR count). The Balaban J connectivity index is 2.03. The van der Waals surface area contributed by atoms with E-state index in [1.807, 2.05) is 24.3 Å². The number of hydrogen-bond donors (Lipinski definition) is 3. The van der Waals surface area contributed by atoms with Gasteiger partial charge in [-0.15, -0.1) is 0 Å². The highest BCUT2D eigenvalue weighted by Crippen LogP contribution is 2.22. The molecule has 1 heterocycles. The molecule has 0 bridgehead atoms. The molecule has 0 spiro atoms. The van der Waals surface area contributed by atoms with Crippen LogP contribution in [-0.4, -0.2) is 45.4 Å². The number of hydrogen-bond acceptors (Lipinski definition) is 4. The minimum absolute atomic E-state index is 0.0382. The van der Waals surface area contributed by atoms with Crippen molar-refractivity contribution in [2.75, 3.05) is 43.6 Å². The first kappa shape index (κ1) is 15.6. The topological polar surface area (TPSA) is 79.6 Å². The number of rotatable bonds is 8. The number of nitrogens with two attached hydrogens (primary N) is 1. The van der Waals surface area contributed by atoms with Crippen molar-refractivity contribution in [2.45, 2.75) is 18.9 Å².